The molecule has 0 saturated carbocycles. The van der Waals surface area contributed by atoms with Gasteiger partial charge in [-0.25, -0.2) is 4.39 Å². The van der Waals surface area contributed by atoms with E-state index in [1.165, 1.54) is 6.07 Å². The van der Waals surface area contributed by atoms with Crippen molar-refractivity contribution in [3.05, 3.63) is 34.1 Å². The lowest BCUT2D eigenvalue weighted by atomic mass is 9.98. The Kier molecular flexibility index (Phi) is 3.19. The summed E-state index contributed by atoms with van der Waals surface area (Å²) in [6.45, 7) is 2.09. The first-order chi connectivity index (χ1) is 6.75. The summed E-state index contributed by atoms with van der Waals surface area (Å²) in [4.78, 5) is 0. The monoisotopic (exact) mass is 257 g/mol. The molecule has 76 valence electrons. The molecule has 0 radical (unpaired) electrons. The average Bonchev–Trinajstić information content (AvgIpc) is 2.64. The van der Waals surface area contributed by atoms with E-state index in [-0.39, 0.29) is 5.82 Å². The molecule has 1 atom stereocenters. The molecule has 0 bridgehead atoms. The van der Waals surface area contributed by atoms with Gasteiger partial charge in [0.05, 0.1) is 0 Å². The topological polar surface area (TPSA) is 12.0 Å². The van der Waals surface area contributed by atoms with Crippen LogP contribution in [0.3, 0.4) is 0 Å². The molecule has 0 amide bonds. The maximum absolute atomic E-state index is 13.4. The summed E-state index contributed by atoms with van der Waals surface area (Å²) in [6, 6.07) is 5.15. The van der Waals surface area contributed by atoms with Crippen molar-refractivity contribution in [2.45, 2.75) is 12.8 Å². The Balaban J connectivity index is 2.10. The van der Waals surface area contributed by atoms with Crippen LogP contribution in [-0.2, 0) is 6.42 Å². The van der Waals surface area contributed by atoms with Gasteiger partial charge in [0, 0.05) is 4.47 Å². The minimum absolute atomic E-state index is 0.0832. The molecule has 14 heavy (non-hydrogen) atoms. The number of nitrogens with one attached hydrogen (secondary N) is 1. The second kappa shape index (κ2) is 4.41. The number of benzene rings is 1. The van der Waals surface area contributed by atoms with Crippen molar-refractivity contribution in [3.63, 3.8) is 0 Å². The zero-order valence-corrected chi connectivity index (χ0v) is 9.48. The summed E-state index contributed by atoms with van der Waals surface area (Å²) in [5.41, 5.74) is 0.827. The fraction of sp³-hybridized carbons (Fsp3) is 0.455. The molecule has 0 aliphatic carbocycles. The molecule has 1 fully saturated rings. The van der Waals surface area contributed by atoms with Crippen molar-refractivity contribution >= 4 is 15.9 Å². The predicted molar refractivity (Wildman–Crippen MR) is 58.8 cm³/mol. The van der Waals surface area contributed by atoms with Gasteiger partial charge in [-0.1, -0.05) is 15.9 Å². The van der Waals surface area contributed by atoms with Crippen molar-refractivity contribution in [2.75, 3.05) is 13.1 Å². The van der Waals surface area contributed by atoms with E-state index in [1.807, 2.05) is 6.07 Å². The molecular formula is C11H13BrFN. The van der Waals surface area contributed by atoms with Crippen molar-refractivity contribution < 1.29 is 4.39 Å². The fourth-order valence-corrected chi connectivity index (χ4v) is 2.31. The Hall–Kier alpha value is -0.410. The average molecular weight is 258 g/mol. The summed E-state index contributed by atoms with van der Waals surface area (Å²) in [7, 11) is 0. The molecule has 1 aromatic carbocycles. The zero-order valence-electron chi connectivity index (χ0n) is 7.89. The van der Waals surface area contributed by atoms with E-state index in [1.54, 1.807) is 6.07 Å². The van der Waals surface area contributed by atoms with Gasteiger partial charge < -0.3 is 5.32 Å². The molecule has 1 saturated heterocycles. The normalized spacial score (nSPS) is 21.4. The van der Waals surface area contributed by atoms with Gasteiger partial charge in [-0.15, -0.1) is 0 Å². The third-order valence-corrected chi connectivity index (χ3v) is 3.17. The Morgan fingerprint density at radius 3 is 3.07 bits per heavy atom. The minimum atomic E-state index is -0.0832. The third-order valence-electron chi connectivity index (χ3n) is 2.68. The standard InChI is InChI=1S/C11H13BrFN/c12-10-1-2-11(13)9(6-10)5-8-3-4-14-7-8/h1-2,6,8,14H,3-5,7H2. The van der Waals surface area contributed by atoms with Gasteiger partial charge in [-0.2, -0.15) is 0 Å². The van der Waals surface area contributed by atoms with Crippen LogP contribution in [-0.4, -0.2) is 13.1 Å². The summed E-state index contributed by atoms with van der Waals surface area (Å²) in [5.74, 6) is 0.513. The molecular weight excluding hydrogens is 245 g/mol. The van der Waals surface area contributed by atoms with E-state index in [4.69, 9.17) is 0 Å². The molecule has 1 aliphatic heterocycles. The lowest BCUT2D eigenvalue weighted by Gasteiger charge is -2.09. The van der Waals surface area contributed by atoms with Gasteiger partial charge in [0.15, 0.2) is 0 Å². The quantitative estimate of drug-likeness (QED) is 0.860. The van der Waals surface area contributed by atoms with Gasteiger partial charge in [0.2, 0.25) is 0 Å². The van der Waals surface area contributed by atoms with Crippen LogP contribution in [0.1, 0.15) is 12.0 Å². The van der Waals surface area contributed by atoms with Gasteiger partial charge in [0.25, 0.3) is 0 Å². The zero-order chi connectivity index (χ0) is 9.97. The van der Waals surface area contributed by atoms with Gasteiger partial charge in [-0.05, 0) is 55.6 Å². The van der Waals surface area contributed by atoms with Crippen molar-refractivity contribution in [1.82, 2.24) is 5.32 Å². The lowest BCUT2D eigenvalue weighted by molar-refractivity contribution is 0.543. The van der Waals surface area contributed by atoms with Crippen LogP contribution in [0.5, 0.6) is 0 Å². The Morgan fingerprint density at radius 1 is 1.50 bits per heavy atom. The third kappa shape index (κ3) is 2.34. The lowest BCUT2D eigenvalue weighted by Crippen LogP contribution is -2.11. The summed E-state index contributed by atoms with van der Waals surface area (Å²) >= 11 is 3.36. The minimum Gasteiger partial charge on any atom is -0.316 e. The van der Waals surface area contributed by atoms with Gasteiger partial charge in [-0.3, -0.25) is 0 Å². The number of halogens is 2. The van der Waals surface area contributed by atoms with Gasteiger partial charge >= 0.3 is 0 Å². The fourth-order valence-electron chi connectivity index (χ4n) is 1.90. The first-order valence-electron chi connectivity index (χ1n) is 4.90. The molecule has 1 N–H and O–H groups in total. The highest BCUT2D eigenvalue weighted by atomic mass is 79.9. The summed E-state index contributed by atoms with van der Waals surface area (Å²) in [5, 5.41) is 3.29. The van der Waals surface area contributed by atoms with Crippen LogP contribution in [0.25, 0.3) is 0 Å². The van der Waals surface area contributed by atoms with Crippen LogP contribution in [0.2, 0.25) is 0 Å². The summed E-state index contributed by atoms with van der Waals surface area (Å²) < 4.78 is 14.3. The molecule has 0 aromatic heterocycles. The highest BCUT2D eigenvalue weighted by Crippen LogP contribution is 2.21. The van der Waals surface area contributed by atoms with E-state index >= 15 is 0 Å². The number of hydrogen-bond acceptors (Lipinski definition) is 1. The maximum Gasteiger partial charge on any atom is 0.126 e. The van der Waals surface area contributed by atoms with Crippen molar-refractivity contribution in [3.8, 4) is 0 Å². The van der Waals surface area contributed by atoms with E-state index in [0.717, 1.165) is 36.0 Å². The molecule has 1 aliphatic rings. The van der Waals surface area contributed by atoms with E-state index < -0.39 is 0 Å². The second-order valence-electron chi connectivity index (χ2n) is 3.80. The number of rotatable bonds is 2. The maximum atomic E-state index is 13.4. The first-order valence-corrected chi connectivity index (χ1v) is 5.69. The van der Waals surface area contributed by atoms with E-state index in [2.05, 4.69) is 21.2 Å². The van der Waals surface area contributed by atoms with Crippen LogP contribution >= 0.6 is 15.9 Å². The highest BCUT2D eigenvalue weighted by Gasteiger charge is 2.16. The Bertz CT molecular complexity index is 321. The smallest absolute Gasteiger partial charge is 0.126 e. The van der Waals surface area contributed by atoms with Crippen LogP contribution in [0, 0.1) is 11.7 Å². The second-order valence-corrected chi connectivity index (χ2v) is 4.71. The van der Waals surface area contributed by atoms with E-state index in [9.17, 15) is 4.39 Å². The van der Waals surface area contributed by atoms with Crippen molar-refractivity contribution in [2.24, 2.45) is 5.92 Å². The first kappa shape index (κ1) is 10.1. The molecule has 1 nitrogen and oxygen atoms in total. The van der Waals surface area contributed by atoms with Gasteiger partial charge in [0.1, 0.15) is 5.82 Å². The molecule has 1 aromatic rings. The largest absolute Gasteiger partial charge is 0.316 e. The molecule has 2 rings (SSSR count). The molecule has 1 unspecified atom stereocenters. The SMILES string of the molecule is Fc1ccc(Br)cc1CC1CCNC1. The van der Waals surface area contributed by atoms with E-state index in [0.29, 0.717) is 5.92 Å². The highest BCUT2D eigenvalue weighted by molar-refractivity contribution is 9.10. The van der Waals surface area contributed by atoms with Crippen LogP contribution in [0.15, 0.2) is 22.7 Å². The molecule has 3 heteroatoms. The summed E-state index contributed by atoms with van der Waals surface area (Å²) in [6.07, 6.45) is 2.00. The molecule has 0 spiro atoms. The predicted octanol–water partition coefficient (Wildman–Crippen LogP) is 2.74. The number of hydrogen-bond donors (Lipinski definition) is 1. The van der Waals surface area contributed by atoms with Crippen LogP contribution in [0.4, 0.5) is 4.39 Å². The van der Waals surface area contributed by atoms with Crippen LogP contribution < -0.4 is 5.32 Å². The van der Waals surface area contributed by atoms with Crippen molar-refractivity contribution in [1.29, 1.82) is 0 Å². The Labute approximate surface area is 91.8 Å². The molecule has 1 heterocycles. The Morgan fingerprint density at radius 2 is 2.36 bits per heavy atom.